The van der Waals surface area contributed by atoms with E-state index in [0.29, 0.717) is 11.7 Å². The third-order valence-electron chi connectivity index (χ3n) is 2.89. The van der Waals surface area contributed by atoms with Gasteiger partial charge in [0, 0.05) is 22.7 Å². The zero-order valence-electron chi connectivity index (χ0n) is 10.0. The Labute approximate surface area is 113 Å². The molecule has 0 unspecified atom stereocenters. The first kappa shape index (κ1) is 11.9. The van der Waals surface area contributed by atoms with Crippen LogP contribution in [0.1, 0.15) is 4.88 Å². The molecule has 0 atom stereocenters. The third kappa shape index (κ3) is 2.23. The fourth-order valence-electron chi connectivity index (χ4n) is 1.97. The van der Waals surface area contributed by atoms with E-state index in [1.165, 1.54) is 11.3 Å². The van der Waals surface area contributed by atoms with E-state index in [4.69, 9.17) is 5.84 Å². The molecule has 0 fully saturated rings. The summed E-state index contributed by atoms with van der Waals surface area (Å²) in [6.45, 7) is 0.503. The van der Waals surface area contributed by atoms with Gasteiger partial charge in [0.05, 0.1) is 6.54 Å². The Morgan fingerprint density at radius 3 is 2.95 bits per heavy atom. The number of fused-ring (bicyclic) bond motifs is 1. The molecule has 0 aliphatic heterocycles. The van der Waals surface area contributed by atoms with E-state index in [2.05, 4.69) is 10.4 Å². The Kier molecular flexibility index (Phi) is 3.02. The van der Waals surface area contributed by atoms with Crippen LogP contribution in [0.4, 0.5) is 5.13 Å². The normalized spacial score (nSPS) is 10.8. The van der Waals surface area contributed by atoms with E-state index in [1.54, 1.807) is 17.0 Å². The maximum absolute atomic E-state index is 12.3. The van der Waals surface area contributed by atoms with Gasteiger partial charge in [-0.3, -0.25) is 10.2 Å². The number of benzene rings is 1. The number of pyridine rings is 1. The van der Waals surface area contributed by atoms with Gasteiger partial charge in [0.15, 0.2) is 5.13 Å². The van der Waals surface area contributed by atoms with Crippen LogP contribution in [0.2, 0.25) is 0 Å². The molecule has 0 saturated carbocycles. The van der Waals surface area contributed by atoms with Crippen molar-refractivity contribution >= 4 is 27.2 Å². The van der Waals surface area contributed by atoms with Gasteiger partial charge >= 0.3 is 0 Å². The van der Waals surface area contributed by atoms with Gasteiger partial charge in [-0.05, 0) is 17.5 Å². The summed E-state index contributed by atoms with van der Waals surface area (Å²) in [6, 6.07) is 9.52. The highest BCUT2D eigenvalue weighted by atomic mass is 32.1. The number of hydrogen-bond donors (Lipinski definition) is 2. The van der Waals surface area contributed by atoms with Crippen molar-refractivity contribution in [2.75, 3.05) is 5.43 Å². The molecule has 0 aliphatic carbocycles. The lowest BCUT2D eigenvalue weighted by molar-refractivity contribution is 0.777. The molecule has 0 spiro atoms. The van der Waals surface area contributed by atoms with Crippen molar-refractivity contribution in [2.24, 2.45) is 5.84 Å². The van der Waals surface area contributed by atoms with Gasteiger partial charge in [0.25, 0.3) is 5.56 Å². The summed E-state index contributed by atoms with van der Waals surface area (Å²) >= 11 is 1.43. The molecule has 3 rings (SSSR count). The number of nitrogens with zero attached hydrogens (tertiary/aromatic N) is 2. The van der Waals surface area contributed by atoms with E-state index in [-0.39, 0.29) is 5.56 Å². The Bertz CT molecular complexity index is 777. The highest BCUT2D eigenvalue weighted by Gasteiger charge is 2.05. The maximum Gasteiger partial charge on any atom is 0.258 e. The summed E-state index contributed by atoms with van der Waals surface area (Å²) in [5.74, 6) is 5.29. The standard InChI is InChI=1S/C13H12N4OS/c14-16-13-15-7-10(19-13)8-17-6-5-9-3-1-2-4-11(9)12(17)18/h1-7H,8,14H2,(H,15,16). The van der Waals surface area contributed by atoms with Crippen molar-refractivity contribution in [2.45, 2.75) is 6.54 Å². The van der Waals surface area contributed by atoms with Crippen LogP contribution in [0.3, 0.4) is 0 Å². The highest BCUT2D eigenvalue weighted by Crippen LogP contribution is 2.17. The van der Waals surface area contributed by atoms with Crippen molar-refractivity contribution < 1.29 is 0 Å². The minimum absolute atomic E-state index is 0.00811. The Morgan fingerprint density at radius 1 is 1.32 bits per heavy atom. The molecular formula is C13H12N4OS. The van der Waals surface area contributed by atoms with Crippen LogP contribution in [0.15, 0.2) is 47.5 Å². The first-order valence-electron chi connectivity index (χ1n) is 5.77. The zero-order valence-corrected chi connectivity index (χ0v) is 10.9. The van der Waals surface area contributed by atoms with E-state index < -0.39 is 0 Å². The Hall–Kier alpha value is -2.18. The number of hydrazine groups is 1. The molecule has 2 heterocycles. The van der Waals surface area contributed by atoms with Gasteiger partial charge in [0.1, 0.15) is 0 Å². The molecule has 0 radical (unpaired) electrons. The molecular weight excluding hydrogens is 260 g/mol. The number of nitrogens with one attached hydrogen (secondary N) is 1. The molecule has 6 heteroatoms. The maximum atomic E-state index is 12.3. The largest absolute Gasteiger partial charge is 0.310 e. The molecule has 2 aromatic heterocycles. The lowest BCUT2D eigenvalue weighted by atomic mass is 10.2. The van der Waals surface area contributed by atoms with Crippen molar-refractivity contribution in [3.8, 4) is 0 Å². The second-order valence-corrected chi connectivity index (χ2v) is 5.23. The molecule has 1 aromatic carbocycles. The Balaban J connectivity index is 2.01. The molecule has 96 valence electrons. The fourth-order valence-corrected chi connectivity index (χ4v) is 2.69. The average molecular weight is 272 g/mol. The molecule has 5 nitrogen and oxygen atoms in total. The number of nitrogen functional groups attached to an aromatic ring is 1. The van der Waals surface area contributed by atoms with Gasteiger partial charge in [-0.1, -0.05) is 29.5 Å². The Morgan fingerprint density at radius 2 is 2.16 bits per heavy atom. The topological polar surface area (TPSA) is 72.9 Å². The zero-order chi connectivity index (χ0) is 13.2. The fraction of sp³-hybridized carbons (Fsp3) is 0.0769. The SMILES string of the molecule is NNc1ncc(Cn2ccc3ccccc3c2=O)s1. The monoisotopic (exact) mass is 272 g/mol. The number of rotatable bonds is 3. The van der Waals surface area contributed by atoms with Crippen LogP contribution in [0.25, 0.3) is 10.8 Å². The number of hydrogen-bond acceptors (Lipinski definition) is 5. The first-order valence-corrected chi connectivity index (χ1v) is 6.59. The minimum Gasteiger partial charge on any atom is -0.310 e. The smallest absolute Gasteiger partial charge is 0.258 e. The summed E-state index contributed by atoms with van der Waals surface area (Å²) in [6.07, 6.45) is 3.53. The molecule has 0 saturated heterocycles. The van der Waals surface area contributed by atoms with Crippen molar-refractivity contribution in [3.63, 3.8) is 0 Å². The summed E-state index contributed by atoms with van der Waals surface area (Å²) in [5.41, 5.74) is 2.51. The predicted octanol–water partition coefficient (Wildman–Crippen LogP) is 1.79. The van der Waals surface area contributed by atoms with Gasteiger partial charge in [-0.25, -0.2) is 10.8 Å². The molecule has 3 aromatic rings. The quantitative estimate of drug-likeness (QED) is 0.563. The number of aromatic nitrogens is 2. The van der Waals surface area contributed by atoms with Crippen LogP contribution in [-0.4, -0.2) is 9.55 Å². The van der Waals surface area contributed by atoms with Crippen LogP contribution < -0.4 is 16.8 Å². The van der Waals surface area contributed by atoms with Gasteiger partial charge in [-0.2, -0.15) is 0 Å². The van der Waals surface area contributed by atoms with Crippen LogP contribution >= 0.6 is 11.3 Å². The van der Waals surface area contributed by atoms with E-state index in [0.717, 1.165) is 15.6 Å². The molecule has 0 bridgehead atoms. The summed E-state index contributed by atoms with van der Waals surface area (Å²) in [7, 11) is 0. The summed E-state index contributed by atoms with van der Waals surface area (Å²) < 4.78 is 1.68. The number of thiazole rings is 1. The molecule has 3 N–H and O–H groups in total. The highest BCUT2D eigenvalue weighted by molar-refractivity contribution is 7.15. The lowest BCUT2D eigenvalue weighted by Crippen LogP contribution is -2.19. The van der Waals surface area contributed by atoms with Crippen molar-refractivity contribution in [1.29, 1.82) is 0 Å². The van der Waals surface area contributed by atoms with Gasteiger partial charge < -0.3 is 4.57 Å². The minimum atomic E-state index is 0.00811. The summed E-state index contributed by atoms with van der Waals surface area (Å²) in [5, 5.41) is 2.33. The summed E-state index contributed by atoms with van der Waals surface area (Å²) in [4.78, 5) is 17.4. The van der Waals surface area contributed by atoms with Gasteiger partial charge in [0.2, 0.25) is 0 Å². The second-order valence-electron chi connectivity index (χ2n) is 4.11. The molecule has 19 heavy (non-hydrogen) atoms. The number of anilines is 1. The molecule has 0 aliphatic rings. The second kappa shape index (κ2) is 4.83. The van der Waals surface area contributed by atoms with E-state index in [1.807, 2.05) is 30.3 Å². The molecule has 0 amide bonds. The van der Waals surface area contributed by atoms with Gasteiger partial charge in [-0.15, -0.1) is 0 Å². The lowest BCUT2D eigenvalue weighted by Gasteiger charge is -2.05. The first-order chi connectivity index (χ1) is 9.28. The van der Waals surface area contributed by atoms with E-state index in [9.17, 15) is 4.79 Å². The number of nitrogens with two attached hydrogens (primary N) is 1. The average Bonchev–Trinajstić information content (AvgIpc) is 2.90. The predicted molar refractivity (Wildman–Crippen MR) is 77.2 cm³/mol. The van der Waals surface area contributed by atoms with Crippen molar-refractivity contribution in [1.82, 2.24) is 9.55 Å². The van der Waals surface area contributed by atoms with Crippen molar-refractivity contribution in [3.05, 3.63) is 58.0 Å². The van der Waals surface area contributed by atoms with Crippen LogP contribution in [0.5, 0.6) is 0 Å². The van der Waals surface area contributed by atoms with Crippen LogP contribution in [0, 0.1) is 0 Å². The van der Waals surface area contributed by atoms with Crippen LogP contribution in [-0.2, 0) is 6.54 Å². The third-order valence-corrected chi connectivity index (χ3v) is 3.80. The van der Waals surface area contributed by atoms with E-state index >= 15 is 0 Å².